The number of rotatable bonds is 3. The fourth-order valence-corrected chi connectivity index (χ4v) is 1.58. The number of para-hydroxylation sites is 1. The molecule has 1 heterocycles. The Morgan fingerprint density at radius 3 is 2.69 bits per heavy atom. The van der Waals surface area contributed by atoms with E-state index in [1.807, 2.05) is 37.3 Å². The van der Waals surface area contributed by atoms with Crippen molar-refractivity contribution >= 4 is 17.3 Å². The Morgan fingerprint density at radius 1 is 1.38 bits per heavy atom. The SMILES string of the molecule is COC(C)C1=NN(c2ccccc2)C(=O)C1. The molecule has 1 aliphatic rings. The van der Waals surface area contributed by atoms with Crippen molar-refractivity contribution in [3.05, 3.63) is 30.3 Å². The Bertz CT molecular complexity index is 414. The lowest BCUT2D eigenvalue weighted by Crippen LogP contribution is -2.20. The second-order valence-corrected chi connectivity index (χ2v) is 3.69. The third kappa shape index (κ3) is 1.97. The lowest BCUT2D eigenvalue weighted by molar-refractivity contribution is -0.116. The van der Waals surface area contributed by atoms with Crippen LogP contribution in [0.5, 0.6) is 0 Å². The van der Waals surface area contributed by atoms with Crippen LogP contribution in [-0.2, 0) is 9.53 Å². The molecule has 0 bridgehead atoms. The molecule has 0 saturated heterocycles. The Morgan fingerprint density at radius 2 is 2.06 bits per heavy atom. The number of benzene rings is 1. The Hall–Kier alpha value is -1.68. The molecule has 4 nitrogen and oxygen atoms in total. The van der Waals surface area contributed by atoms with Crippen LogP contribution in [-0.4, -0.2) is 24.8 Å². The average Bonchev–Trinajstić information content (AvgIpc) is 2.71. The number of carbonyl (C=O) groups is 1. The third-order valence-corrected chi connectivity index (χ3v) is 2.62. The van der Waals surface area contributed by atoms with Crippen molar-refractivity contribution < 1.29 is 9.53 Å². The Kier molecular flexibility index (Phi) is 3.01. The average molecular weight is 218 g/mol. The number of amides is 1. The van der Waals surface area contributed by atoms with E-state index in [9.17, 15) is 4.79 Å². The first kappa shape index (κ1) is 10.8. The number of anilines is 1. The molecule has 1 unspecified atom stereocenters. The maximum atomic E-state index is 11.8. The van der Waals surface area contributed by atoms with Crippen LogP contribution in [0.2, 0.25) is 0 Å². The van der Waals surface area contributed by atoms with Gasteiger partial charge in [0.2, 0.25) is 0 Å². The molecule has 0 fully saturated rings. The first-order valence-electron chi connectivity index (χ1n) is 5.20. The molecule has 1 aliphatic heterocycles. The van der Waals surface area contributed by atoms with Crippen molar-refractivity contribution in [2.24, 2.45) is 5.10 Å². The minimum absolute atomic E-state index is 0.00917. The number of carbonyl (C=O) groups excluding carboxylic acids is 1. The summed E-state index contributed by atoms with van der Waals surface area (Å²) in [5, 5.41) is 5.72. The van der Waals surface area contributed by atoms with Gasteiger partial charge in [0.05, 0.1) is 23.9 Å². The van der Waals surface area contributed by atoms with Gasteiger partial charge in [-0.2, -0.15) is 5.10 Å². The van der Waals surface area contributed by atoms with E-state index in [1.54, 1.807) is 7.11 Å². The lowest BCUT2D eigenvalue weighted by atomic mass is 10.2. The largest absolute Gasteiger partial charge is 0.376 e. The predicted molar refractivity (Wildman–Crippen MR) is 62.5 cm³/mol. The van der Waals surface area contributed by atoms with E-state index in [4.69, 9.17) is 4.74 Å². The van der Waals surface area contributed by atoms with Gasteiger partial charge in [0.1, 0.15) is 0 Å². The van der Waals surface area contributed by atoms with Crippen LogP contribution in [0.4, 0.5) is 5.69 Å². The highest BCUT2D eigenvalue weighted by atomic mass is 16.5. The number of hydrogen-bond acceptors (Lipinski definition) is 3. The molecule has 1 atom stereocenters. The standard InChI is InChI=1S/C12H14N2O2/c1-9(16-2)11-8-12(15)14(13-11)10-6-4-3-5-7-10/h3-7,9H,8H2,1-2H3. The van der Waals surface area contributed by atoms with Crippen molar-refractivity contribution in [1.29, 1.82) is 0 Å². The molecule has 16 heavy (non-hydrogen) atoms. The zero-order chi connectivity index (χ0) is 11.5. The van der Waals surface area contributed by atoms with Gasteiger partial charge >= 0.3 is 0 Å². The summed E-state index contributed by atoms with van der Waals surface area (Å²) in [5.41, 5.74) is 1.57. The normalized spacial score (nSPS) is 17.5. The number of ether oxygens (including phenoxy) is 1. The van der Waals surface area contributed by atoms with Gasteiger partial charge in [-0.25, -0.2) is 5.01 Å². The molecule has 1 amide bonds. The first-order chi connectivity index (χ1) is 7.72. The molecule has 0 aromatic heterocycles. The van der Waals surface area contributed by atoms with Crippen molar-refractivity contribution in [3.63, 3.8) is 0 Å². The smallest absolute Gasteiger partial charge is 0.253 e. The van der Waals surface area contributed by atoms with Gasteiger partial charge in [-0.3, -0.25) is 4.79 Å². The molecule has 2 rings (SSSR count). The van der Waals surface area contributed by atoms with Crippen LogP contribution >= 0.6 is 0 Å². The van der Waals surface area contributed by atoms with Crippen molar-refractivity contribution in [2.45, 2.75) is 19.4 Å². The van der Waals surface area contributed by atoms with Crippen LogP contribution in [0, 0.1) is 0 Å². The number of hydrazone groups is 1. The fraction of sp³-hybridized carbons (Fsp3) is 0.333. The summed E-state index contributed by atoms with van der Waals surface area (Å²) < 4.78 is 5.16. The minimum Gasteiger partial charge on any atom is -0.376 e. The predicted octanol–water partition coefficient (Wildman–Crippen LogP) is 1.81. The monoisotopic (exact) mass is 218 g/mol. The van der Waals surface area contributed by atoms with E-state index in [0.717, 1.165) is 11.4 Å². The van der Waals surface area contributed by atoms with E-state index < -0.39 is 0 Å². The van der Waals surface area contributed by atoms with E-state index in [0.29, 0.717) is 6.42 Å². The second kappa shape index (κ2) is 4.45. The first-order valence-corrected chi connectivity index (χ1v) is 5.20. The Balaban J connectivity index is 2.24. The van der Waals surface area contributed by atoms with Gasteiger partial charge in [-0.15, -0.1) is 0 Å². The van der Waals surface area contributed by atoms with Gasteiger partial charge in [-0.1, -0.05) is 18.2 Å². The summed E-state index contributed by atoms with van der Waals surface area (Å²) in [5.74, 6) is -0.00917. The molecule has 0 spiro atoms. The van der Waals surface area contributed by atoms with Crippen LogP contribution in [0.15, 0.2) is 35.4 Å². The van der Waals surface area contributed by atoms with E-state index in [-0.39, 0.29) is 12.0 Å². The highest BCUT2D eigenvalue weighted by Crippen LogP contribution is 2.21. The van der Waals surface area contributed by atoms with Crippen LogP contribution in [0.3, 0.4) is 0 Å². The molecular weight excluding hydrogens is 204 g/mol. The lowest BCUT2D eigenvalue weighted by Gasteiger charge is -2.11. The van der Waals surface area contributed by atoms with E-state index in [2.05, 4.69) is 5.10 Å². The molecule has 0 saturated carbocycles. The molecule has 0 radical (unpaired) electrons. The molecule has 84 valence electrons. The molecule has 1 aromatic carbocycles. The van der Waals surface area contributed by atoms with Gasteiger partial charge < -0.3 is 4.74 Å². The summed E-state index contributed by atoms with van der Waals surface area (Å²) in [4.78, 5) is 11.8. The highest BCUT2D eigenvalue weighted by Gasteiger charge is 2.27. The number of methoxy groups -OCH3 is 1. The van der Waals surface area contributed by atoms with Crippen LogP contribution in [0.1, 0.15) is 13.3 Å². The minimum atomic E-state index is -0.113. The van der Waals surface area contributed by atoms with Crippen LogP contribution in [0.25, 0.3) is 0 Å². The molecule has 4 heteroatoms. The molecule has 0 aliphatic carbocycles. The second-order valence-electron chi connectivity index (χ2n) is 3.69. The quantitative estimate of drug-likeness (QED) is 0.776. The van der Waals surface area contributed by atoms with Crippen molar-refractivity contribution in [2.75, 3.05) is 12.1 Å². The van der Waals surface area contributed by atoms with Gasteiger partial charge in [0, 0.05) is 7.11 Å². The third-order valence-electron chi connectivity index (χ3n) is 2.62. The maximum absolute atomic E-state index is 11.8. The topological polar surface area (TPSA) is 41.9 Å². The van der Waals surface area contributed by atoms with Gasteiger partial charge in [0.25, 0.3) is 5.91 Å². The van der Waals surface area contributed by atoms with E-state index >= 15 is 0 Å². The molecule has 1 aromatic rings. The number of hydrogen-bond donors (Lipinski definition) is 0. The van der Waals surface area contributed by atoms with E-state index in [1.165, 1.54) is 5.01 Å². The zero-order valence-corrected chi connectivity index (χ0v) is 9.38. The summed E-state index contributed by atoms with van der Waals surface area (Å²) in [6.45, 7) is 1.89. The van der Waals surface area contributed by atoms with Crippen LogP contribution < -0.4 is 5.01 Å². The highest BCUT2D eigenvalue weighted by molar-refractivity contribution is 6.14. The summed E-state index contributed by atoms with van der Waals surface area (Å²) in [6, 6.07) is 9.40. The van der Waals surface area contributed by atoms with Crippen molar-refractivity contribution in [1.82, 2.24) is 0 Å². The maximum Gasteiger partial charge on any atom is 0.253 e. The van der Waals surface area contributed by atoms with Gasteiger partial charge in [-0.05, 0) is 19.1 Å². The van der Waals surface area contributed by atoms with Crippen molar-refractivity contribution in [3.8, 4) is 0 Å². The molecular formula is C12H14N2O2. The summed E-state index contributed by atoms with van der Waals surface area (Å²) in [7, 11) is 1.61. The Labute approximate surface area is 94.5 Å². The fourth-order valence-electron chi connectivity index (χ4n) is 1.58. The zero-order valence-electron chi connectivity index (χ0n) is 9.38. The van der Waals surface area contributed by atoms with Gasteiger partial charge in [0.15, 0.2) is 0 Å². The summed E-state index contributed by atoms with van der Waals surface area (Å²) >= 11 is 0. The molecule has 0 N–H and O–H groups in total. The summed E-state index contributed by atoms with van der Waals surface area (Å²) in [6.07, 6.45) is 0.224. The number of nitrogens with zero attached hydrogens (tertiary/aromatic N) is 2.